The number of aliphatic imine (C=N–C) groups is 2. The summed E-state index contributed by atoms with van der Waals surface area (Å²) in [6, 6.07) is 8.65. The maximum absolute atomic E-state index is 12.1. The normalized spacial score (nSPS) is 24.3. The highest BCUT2D eigenvalue weighted by atomic mass is 16.5. The van der Waals surface area contributed by atoms with Gasteiger partial charge in [-0.05, 0) is 61.4 Å². The molecule has 2 atom stereocenters. The first-order chi connectivity index (χ1) is 31.2. The number of aromatic hydroxyl groups is 2. The summed E-state index contributed by atoms with van der Waals surface area (Å²) in [6.07, 6.45) is 15.9. The number of hydrogen-bond donors (Lipinski definition) is 2. The molecule has 0 amide bonds. The van der Waals surface area contributed by atoms with Crippen molar-refractivity contribution in [2.75, 3.05) is 131 Å². The third-order valence-corrected chi connectivity index (χ3v) is 14.9. The van der Waals surface area contributed by atoms with Crippen LogP contribution >= 0.6 is 0 Å². The summed E-state index contributed by atoms with van der Waals surface area (Å²) >= 11 is 0. The van der Waals surface area contributed by atoms with Crippen LogP contribution in [0.3, 0.4) is 0 Å². The van der Waals surface area contributed by atoms with E-state index in [9.17, 15) is 10.2 Å². The number of phenols is 2. The van der Waals surface area contributed by atoms with Crippen LogP contribution in [0.4, 0.5) is 0 Å². The first kappa shape index (κ1) is 48.0. The van der Waals surface area contributed by atoms with Gasteiger partial charge in [-0.3, -0.25) is 9.98 Å². The van der Waals surface area contributed by atoms with Crippen molar-refractivity contribution in [3.05, 3.63) is 108 Å². The maximum Gasteiger partial charge on any atom is 0.133 e. The molecule has 1 aliphatic carbocycles. The van der Waals surface area contributed by atoms with Crippen molar-refractivity contribution in [1.82, 2.24) is 0 Å². The lowest BCUT2D eigenvalue weighted by Crippen LogP contribution is -2.55. The van der Waals surface area contributed by atoms with Crippen LogP contribution in [-0.4, -0.2) is 184 Å². The van der Waals surface area contributed by atoms with Gasteiger partial charge in [0.2, 0.25) is 0 Å². The Balaban J connectivity index is 1.20. The van der Waals surface area contributed by atoms with Crippen molar-refractivity contribution < 1.29 is 47.1 Å². The van der Waals surface area contributed by atoms with Gasteiger partial charge in [-0.2, -0.15) is 0 Å². The highest BCUT2D eigenvalue weighted by Crippen LogP contribution is 2.34. The highest BCUT2D eigenvalue weighted by Gasteiger charge is 2.36. The van der Waals surface area contributed by atoms with Gasteiger partial charge in [-0.1, -0.05) is 39.2 Å². The van der Waals surface area contributed by atoms with Crippen LogP contribution in [0, 0.1) is 0 Å². The summed E-state index contributed by atoms with van der Waals surface area (Å²) in [7, 11) is 0. The predicted molar refractivity (Wildman–Crippen MR) is 256 cm³/mol. The Morgan fingerprint density at radius 3 is 1.06 bits per heavy atom. The third-order valence-electron chi connectivity index (χ3n) is 14.9. The van der Waals surface area contributed by atoms with Gasteiger partial charge in [0.1, 0.15) is 90.0 Å². The molecule has 2 unspecified atom stereocenters. The van der Waals surface area contributed by atoms with Crippen LogP contribution in [-0.2, 0) is 45.1 Å². The molecule has 0 spiro atoms. The first-order valence-corrected chi connectivity index (χ1v) is 24.1. The summed E-state index contributed by atoms with van der Waals surface area (Å²) < 4.78 is 26.6. The number of ether oxygens (including phenoxy) is 4. The van der Waals surface area contributed by atoms with E-state index in [2.05, 4.69) is 50.6 Å². The van der Waals surface area contributed by atoms with Crippen LogP contribution in [0.15, 0.2) is 84.9 Å². The molecule has 0 radical (unpaired) electrons. The molecule has 0 aromatic heterocycles. The SMILES string of the molecule is C=CC[N+]1(Cc2cc(/C=N/C3CCCCC3/N=C/c3cc(C[N+]4(CC=C)CCOCC4)cc(C[N+]4(CC=C)CCOCC4)c3O)c(O)c(C[N+]3(CC=C)CCOCC3)c2)CCOCC1. The molecule has 1 saturated carbocycles. The zero-order valence-corrected chi connectivity index (χ0v) is 38.8. The molecule has 4 heterocycles. The molecule has 348 valence electrons. The van der Waals surface area contributed by atoms with Crippen LogP contribution in [0.25, 0.3) is 0 Å². The van der Waals surface area contributed by atoms with Crippen LogP contribution in [0.2, 0.25) is 0 Å². The maximum atomic E-state index is 12.1. The summed E-state index contributed by atoms with van der Waals surface area (Å²) in [6.45, 7) is 35.8. The van der Waals surface area contributed by atoms with Crippen molar-refractivity contribution in [3.8, 4) is 11.5 Å². The fourth-order valence-corrected chi connectivity index (χ4v) is 11.1. The topological polar surface area (TPSA) is 102 Å². The van der Waals surface area contributed by atoms with Crippen molar-refractivity contribution in [2.45, 2.75) is 63.9 Å². The number of rotatable bonds is 20. The Hall–Kier alpha value is -3.98. The molecule has 64 heavy (non-hydrogen) atoms. The average molecular weight is 883 g/mol. The van der Waals surface area contributed by atoms with Gasteiger partial charge in [0, 0.05) is 45.8 Å². The number of benzene rings is 2. The highest BCUT2D eigenvalue weighted by molar-refractivity contribution is 5.85. The summed E-state index contributed by atoms with van der Waals surface area (Å²) in [5, 5.41) is 24.2. The van der Waals surface area contributed by atoms with Crippen molar-refractivity contribution in [3.63, 3.8) is 0 Å². The first-order valence-electron chi connectivity index (χ1n) is 24.1. The Kier molecular flexibility index (Phi) is 16.8. The van der Waals surface area contributed by atoms with Gasteiger partial charge in [-0.15, -0.1) is 0 Å². The van der Waals surface area contributed by atoms with E-state index < -0.39 is 0 Å². The quantitative estimate of drug-likeness (QED) is 0.0951. The molecule has 2 N–H and O–H groups in total. The molecule has 2 aromatic carbocycles. The molecule has 5 fully saturated rings. The zero-order valence-electron chi connectivity index (χ0n) is 38.8. The van der Waals surface area contributed by atoms with E-state index in [1.165, 1.54) is 11.1 Å². The van der Waals surface area contributed by atoms with Gasteiger partial charge in [0.05, 0.1) is 91.1 Å². The molecule has 7 rings (SSSR count). The second-order valence-electron chi connectivity index (χ2n) is 19.5. The molecular weight excluding hydrogens is 805 g/mol. The number of quaternary nitrogens is 4. The van der Waals surface area contributed by atoms with Crippen molar-refractivity contribution in [1.29, 1.82) is 0 Å². The molecule has 4 saturated heterocycles. The Bertz CT molecular complexity index is 1820. The monoisotopic (exact) mass is 883 g/mol. The molecule has 5 aliphatic rings. The lowest BCUT2D eigenvalue weighted by molar-refractivity contribution is -0.943. The summed E-state index contributed by atoms with van der Waals surface area (Å²) in [5.41, 5.74) is 5.78. The molecule has 12 nitrogen and oxygen atoms in total. The molecule has 4 aliphatic heterocycles. The van der Waals surface area contributed by atoms with Crippen LogP contribution in [0.5, 0.6) is 11.5 Å². The fraction of sp³-hybridized carbons (Fsp3) is 0.577. The minimum absolute atomic E-state index is 0.0531. The van der Waals surface area contributed by atoms with E-state index in [1.807, 2.05) is 36.7 Å². The van der Waals surface area contributed by atoms with E-state index >= 15 is 0 Å². The smallest absolute Gasteiger partial charge is 0.133 e. The molecular formula is C52H78N6O6+4. The average Bonchev–Trinajstić information content (AvgIpc) is 3.29. The lowest BCUT2D eigenvalue weighted by Gasteiger charge is -2.42. The van der Waals surface area contributed by atoms with Crippen molar-refractivity contribution >= 4 is 12.4 Å². The molecule has 12 heteroatoms. The van der Waals surface area contributed by atoms with Gasteiger partial charge in [-0.25, -0.2) is 0 Å². The standard InChI is InChI=1S/C52H76N6O6/c1-5-13-55(17-25-61-26-18-55)39-43-33-45(51(59)47(35-43)41-57(15-7-3)21-29-63-30-22-57)37-53-49-11-9-10-12-50(49)54-38-46-34-44(40-56(14-6-2)19-27-62-28-20-56)36-48(52(46)60)42-58(16-8-4)23-31-64-32-24-58/h5-8,33-38,49-50H,1-4,9-32,39-42H2/q+2/p+2. The van der Waals surface area contributed by atoms with E-state index in [4.69, 9.17) is 28.9 Å². The second kappa shape index (κ2) is 22.5. The van der Waals surface area contributed by atoms with Gasteiger partial charge in [0.15, 0.2) is 0 Å². The Morgan fingerprint density at radius 1 is 0.469 bits per heavy atom. The molecule has 0 bridgehead atoms. The number of morpholine rings is 4. The van der Waals surface area contributed by atoms with Crippen molar-refractivity contribution in [2.24, 2.45) is 9.98 Å². The van der Waals surface area contributed by atoms with Crippen LogP contribution in [0.1, 0.15) is 59.1 Å². The minimum Gasteiger partial charge on any atom is -0.507 e. The van der Waals surface area contributed by atoms with E-state index in [0.29, 0.717) is 51.0 Å². The fourth-order valence-electron chi connectivity index (χ4n) is 11.1. The van der Waals surface area contributed by atoms with Gasteiger partial charge >= 0.3 is 0 Å². The zero-order chi connectivity index (χ0) is 44.9. The minimum atomic E-state index is -0.0531. The molecule has 2 aromatic rings. The predicted octanol–water partition coefficient (Wildman–Crippen LogP) is 6.08. The summed E-state index contributed by atoms with van der Waals surface area (Å²) in [4.78, 5) is 10.5. The largest absolute Gasteiger partial charge is 0.507 e. The van der Waals surface area contributed by atoms with Crippen LogP contribution < -0.4 is 0 Å². The number of nitrogens with zero attached hydrogens (tertiary/aromatic N) is 6. The Labute approximate surface area is 383 Å². The lowest BCUT2D eigenvalue weighted by atomic mass is 9.91. The number of phenolic OH excluding ortho intramolecular Hbond substituents is 2. The van der Waals surface area contributed by atoms with E-state index in [1.54, 1.807) is 0 Å². The number of hydrogen-bond acceptors (Lipinski definition) is 8. The van der Waals surface area contributed by atoms with E-state index in [0.717, 1.165) is 184 Å². The van der Waals surface area contributed by atoms with E-state index in [-0.39, 0.29) is 12.1 Å². The third kappa shape index (κ3) is 12.1. The second-order valence-corrected chi connectivity index (χ2v) is 19.5. The van der Waals surface area contributed by atoms with Gasteiger partial charge < -0.3 is 47.1 Å². The van der Waals surface area contributed by atoms with Gasteiger partial charge in [0.25, 0.3) is 0 Å². The summed E-state index contributed by atoms with van der Waals surface area (Å²) in [5.74, 6) is 0.606. The Morgan fingerprint density at radius 2 is 0.766 bits per heavy atom.